The minimum atomic E-state index is -2.42. The molecular weight excluding hydrogens is 226 g/mol. The van der Waals surface area contributed by atoms with Crippen LogP contribution in [0.15, 0.2) is 17.5 Å². The third-order valence-electron chi connectivity index (χ3n) is 2.22. The highest BCUT2D eigenvalue weighted by molar-refractivity contribution is 7.18. The van der Waals surface area contributed by atoms with Crippen LogP contribution in [-0.2, 0) is 0 Å². The van der Waals surface area contributed by atoms with Gasteiger partial charge >= 0.3 is 0 Å². The third-order valence-corrected chi connectivity index (χ3v) is 3.78. The summed E-state index contributed by atoms with van der Waals surface area (Å²) in [6.45, 7) is 1.71. The molecule has 0 fully saturated rings. The topological polar surface area (TPSA) is 0 Å². The van der Waals surface area contributed by atoms with Crippen LogP contribution in [0.5, 0.6) is 0 Å². The van der Waals surface area contributed by atoms with E-state index in [1.54, 1.807) is 18.4 Å². The van der Waals surface area contributed by atoms with Crippen LogP contribution in [0.1, 0.15) is 17.6 Å². The first-order valence-electron chi connectivity index (χ1n) is 4.05. The number of halogens is 3. The van der Waals surface area contributed by atoms with Crippen LogP contribution in [0, 0.1) is 6.92 Å². The standard InChI is InChI=1S/C10H7ClF2S/c1-5-6(10(12)13)2-3-7-8(11)4-14-9(5)7/h2-4,10H,1H3. The predicted molar refractivity (Wildman–Crippen MR) is 56.5 cm³/mol. The summed E-state index contributed by atoms with van der Waals surface area (Å²) in [5.74, 6) is 0. The van der Waals surface area contributed by atoms with E-state index in [0.717, 1.165) is 10.1 Å². The molecule has 0 spiro atoms. The van der Waals surface area contributed by atoms with Crippen molar-refractivity contribution in [2.45, 2.75) is 13.3 Å². The zero-order chi connectivity index (χ0) is 10.3. The minimum absolute atomic E-state index is 0.0935. The summed E-state index contributed by atoms with van der Waals surface area (Å²) in [5, 5.41) is 3.27. The second-order valence-corrected chi connectivity index (χ2v) is 4.33. The molecule has 1 aromatic heterocycles. The van der Waals surface area contributed by atoms with E-state index >= 15 is 0 Å². The smallest absolute Gasteiger partial charge is 0.205 e. The zero-order valence-electron chi connectivity index (χ0n) is 7.35. The van der Waals surface area contributed by atoms with Crippen molar-refractivity contribution in [2.24, 2.45) is 0 Å². The van der Waals surface area contributed by atoms with Gasteiger partial charge in [-0.05, 0) is 12.5 Å². The lowest BCUT2D eigenvalue weighted by molar-refractivity contribution is 0.151. The predicted octanol–water partition coefficient (Wildman–Crippen LogP) is 4.80. The van der Waals surface area contributed by atoms with Gasteiger partial charge in [0.05, 0.1) is 5.02 Å². The number of hydrogen-bond donors (Lipinski definition) is 0. The Bertz CT molecular complexity index is 476. The van der Waals surface area contributed by atoms with Gasteiger partial charge in [0.2, 0.25) is 0 Å². The number of rotatable bonds is 1. The molecule has 0 unspecified atom stereocenters. The molecule has 1 aromatic carbocycles. The van der Waals surface area contributed by atoms with E-state index in [1.807, 2.05) is 0 Å². The Labute approximate surface area is 89.1 Å². The van der Waals surface area contributed by atoms with Gasteiger partial charge in [0, 0.05) is 21.0 Å². The zero-order valence-corrected chi connectivity index (χ0v) is 8.92. The van der Waals surface area contributed by atoms with Gasteiger partial charge in [-0.25, -0.2) is 8.78 Å². The van der Waals surface area contributed by atoms with E-state index in [4.69, 9.17) is 11.6 Å². The Balaban J connectivity index is 2.76. The Kier molecular flexibility index (Phi) is 2.45. The van der Waals surface area contributed by atoms with Crippen molar-refractivity contribution in [1.29, 1.82) is 0 Å². The molecule has 0 N–H and O–H groups in total. The first kappa shape index (κ1) is 9.87. The summed E-state index contributed by atoms with van der Waals surface area (Å²) in [5.41, 5.74) is 0.727. The fraction of sp³-hybridized carbons (Fsp3) is 0.200. The minimum Gasteiger partial charge on any atom is -0.205 e. The van der Waals surface area contributed by atoms with E-state index in [9.17, 15) is 8.78 Å². The summed E-state index contributed by atoms with van der Waals surface area (Å²) in [6.07, 6.45) is -2.42. The van der Waals surface area contributed by atoms with Crippen molar-refractivity contribution in [1.82, 2.24) is 0 Å². The Morgan fingerprint density at radius 2 is 2.07 bits per heavy atom. The van der Waals surface area contributed by atoms with Gasteiger partial charge in [-0.2, -0.15) is 0 Å². The summed E-state index contributed by atoms with van der Waals surface area (Å²) >= 11 is 7.31. The number of benzene rings is 1. The van der Waals surface area contributed by atoms with Crippen LogP contribution in [0.2, 0.25) is 5.02 Å². The molecule has 0 saturated heterocycles. The summed E-state index contributed by atoms with van der Waals surface area (Å²) in [7, 11) is 0. The SMILES string of the molecule is Cc1c(C(F)F)ccc2c(Cl)csc12. The van der Waals surface area contributed by atoms with Gasteiger partial charge < -0.3 is 0 Å². The van der Waals surface area contributed by atoms with Gasteiger partial charge in [0.1, 0.15) is 0 Å². The van der Waals surface area contributed by atoms with E-state index in [2.05, 4.69) is 0 Å². The van der Waals surface area contributed by atoms with E-state index in [1.165, 1.54) is 17.4 Å². The molecule has 2 rings (SSSR count). The van der Waals surface area contributed by atoms with Crippen LogP contribution in [0.3, 0.4) is 0 Å². The fourth-order valence-corrected chi connectivity index (χ4v) is 2.75. The molecule has 14 heavy (non-hydrogen) atoms. The number of alkyl halides is 2. The second kappa shape index (κ2) is 3.48. The van der Waals surface area contributed by atoms with Crippen molar-refractivity contribution >= 4 is 33.0 Å². The highest BCUT2D eigenvalue weighted by Gasteiger charge is 2.14. The van der Waals surface area contributed by atoms with Crippen LogP contribution in [-0.4, -0.2) is 0 Å². The molecular formula is C10H7ClF2S. The molecule has 1 heterocycles. The third kappa shape index (κ3) is 1.41. The average molecular weight is 233 g/mol. The monoisotopic (exact) mass is 232 g/mol. The van der Waals surface area contributed by atoms with E-state index in [-0.39, 0.29) is 5.56 Å². The van der Waals surface area contributed by atoms with Crippen molar-refractivity contribution in [3.63, 3.8) is 0 Å². The molecule has 0 aliphatic rings. The summed E-state index contributed by atoms with van der Waals surface area (Å²) in [4.78, 5) is 0. The highest BCUT2D eigenvalue weighted by Crippen LogP contribution is 2.36. The number of hydrogen-bond acceptors (Lipinski definition) is 1. The Hall–Kier alpha value is -0.670. The molecule has 0 bridgehead atoms. The summed E-state index contributed by atoms with van der Waals surface area (Å²) in [6, 6.07) is 3.10. The maximum absolute atomic E-state index is 12.5. The molecule has 0 saturated carbocycles. The Morgan fingerprint density at radius 1 is 1.36 bits per heavy atom. The Morgan fingerprint density at radius 3 is 2.71 bits per heavy atom. The van der Waals surface area contributed by atoms with Gasteiger partial charge in [-0.1, -0.05) is 23.7 Å². The molecule has 0 aliphatic heterocycles. The van der Waals surface area contributed by atoms with Crippen LogP contribution < -0.4 is 0 Å². The lowest BCUT2D eigenvalue weighted by atomic mass is 10.1. The molecule has 4 heteroatoms. The molecule has 0 radical (unpaired) electrons. The largest absolute Gasteiger partial charge is 0.264 e. The van der Waals surface area contributed by atoms with Crippen molar-refractivity contribution in [2.75, 3.05) is 0 Å². The number of fused-ring (bicyclic) bond motifs is 1. The molecule has 0 nitrogen and oxygen atoms in total. The van der Waals surface area contributed by atoms with Crippen LogP contribution >= 0.6 is 22.9 Å². The maximum atomic E-state index is 12.5. The van der Waals surface area contributed by atoms with Crippen LogP contribution in [0.25, 0.3) is 10.1 Å². The number of aryl methyl sites for hydroxylation is 1. The van der Waals surface area contributed by atoms with Gasteiger partial charge in [0.25, 0.3) is 6.43 Å². The van der Waals surface area contributed by atoms with Gasteiger partial charge in [0.15, 0.2) is 0 Å². The van der Waals surface area contributed by atoms with Crippen molar-refractivity contribution in [3.8, 4) is 0 Å². The molecule has 0 atom stereocenters. The fourth-order valence-electron chi connectivity index (χ4n) is 1.46. The quantitative estimate of drug-likeness (QED) is 0.663. The second-order valence-electron chi connectivity index (χ2n) is 3.04. The normalized spacial score (nSPS) is 11.5. The summed E-state index contributed by atoms with van der Waals surface area (Å²) < 4.78 is 25.9. The van der Waals surface area contributed by atoms with Crippen molar-refractivity contribution in [3.05, 3.63) is 33.7 Å². The number of thiophene rings is 1. The first-order chi connectivity index (χ1) is 6.61. The average Bonchev–Trinajstić information content (AvgIpc) is 2.49. The lowest BCUT2D eigenvalue weighted by Gasteiger charge is -2.05. The van der Waals surface area contributed by atoms with Gasteiger partial charge in [-0.3, -0.25) is 0 Å². The van der Waals surface area contributed by atoms with Crippen LogP contribution in [0.4, 0.5) is 8.78 Å². The molecule has 0 amide bonds. The molecule has 74 valence electrons. The first-order valence-corrected chi connectivity index (χ1v) is 5.31. The van der Waals surface area contributed by atoms with Crippen molar-refractivity contribution < 1.29 is 8.78 Å². The maximum Gasteiger partial charge on any atom is 0.264 e. The highest BCUT2D eigenvalue weighted by atomic mass is 35.5. The molecule has 2 aromatic rings. The van der Waals surface area contributed by atoms with E-state index < -0.39 is 6.43 Å². The lowest BCUT2D eigenvalue weighted by Crippen LogP contribution is -1.88. The van der Waals surface area contributed by atoms with Gasteiger partial charge in [-0.15, -0.1) is 11.3 Å². The molecule has 0 aliphatic carbocycles. The van der Waals surface area contributed by atoms with E-state index in [0.29, 0.717) is 10.6 Å².